The number of rotatable bonds is 3. The fourth-order valence-corrected chi connectivity index (χ4v) is 3.33. The lowest BCUT2D eigenvalue weighted by atomic mass is 10.1. The van der Waals surface area contributed by atoms with Gasteiger partial charge >= 0.3 is 0 Å². The molecule has 0 aliphatic heterocycles. The Kier molecular flexibility index (Phi) is 7.25. The van der Waals surface area contributed by atoms with Gasteiger partial charge in [0.25, 0.3) is 0 Å². The molecule has 2 aromatic rings. The van der Waals surface area contributed by atoms with Gasteiger partial charge in [0.15, 0.2) is 5.11 Å². The van der Waals surface area contributed by atoms with Crippen LogP contribution in [0.1, 0.15) is 16.7 Å². The second-order valence-electron chi connectivity index (χ2n) is 5.36. The molecular formula is C18H15Cl2IN2OS. The molecule has 2 aromatic carbocycles. The molecule has 0 spiro atoms. The number of carbonyl (C=O) groups is 1. The Balaban J connectivity index is 1.99. The molecule has 2 rings (SSSR count). The maximum absolute atomic E-state index is 12.0. The first-order valence-corrected chi connectivity index (χ1v) is 9.52. The van der Waals surface area contributed by atoms with Crippen molar-refractivity contribution in [2.24, 2.45) is 0 Å². The van der Waals surface area contributed by atoms with Gasteiger partial charge in [0.2, 0.25) is 5.91 Å². The maximum Gasteiger partial charge on any atom is 0.250 e. The lowest BCUT2D eigenvalue weighted by Crippen LogP contribution is -2.33. The maximum atomic E-state index is 12.0. The van der Waals surface area contributed by atoms with E-state index in [0.717, 1.165) is 16.8 Å². The molecule has 0 radical (unpaired) electrons. The van der Waals surface area contributed by atoms with Crippen LogP contribution < -0.4 is 10.6 Å². The average Bonchev–Trinajstić information content (AvgIpc) is 2.51. The quantitative estimate of drug-likeness (QED) is 0.318. The smallest absolute Gasteiger partial charge is 0.250 e. The summed E-state index contributed by atoms with van der Waals surface area (Å²) in [6.45, 7) is 4.00. The predicted octanol–water partition coefficient (Wildman–Crippen LogP) is 5.74. The Bertz CT molecular complexity index is 868. The summed E-state index contributed by atoms with van der Waals surface area (Å²) in [4.78, 5) is 12.0. The van der Waals surface area contributed by atoms with E-state index in [0.29, 0.717) is 15.6 Å². The van der Waals surface area contributed by atoms with Gasteiger partial charge in [0.1, 0.15) is 0 Å². The highest BCUT2D eigenvalue weighted by Crippen LogP contribution is 2.23. The molecule has 2 N–H and O–H groups in total. The summed E-state index contributed by atoms with van der Waals surface area (Å²) in [7, 11) is 0. The average molecular weight is 505 g/mol. The summed E-state index contributed by atoms with van der Waals surface area (Å²) in [6.07, 6.45) is 2.98. The van der Waals surface area contributed by atoms with Crippen molar-refractivity contribution in [1.29, 1.82) is 0 Å². The van der Waals surface area contributed by atoms with Crippen LogP contribution in [0.15, 0.2) is 36.4 Å². The van der Waals surface area contributed by atoms with Crippen molar-refractivity contribution in [3.63, 3.8) is 0 Å². The van der Waals surface area contributed by atoms with Gasteiger partial charge < -0.3 is 5.32 Å². The van der Waals surface area contributed by atoms with Crippen LogP contribution in [0.5, 0.6) is 0 Å². The third-order valence-corrected chi connectivity index (χ3v) is 5.30. The molecule has 0 aromatic heterocycles. The Labute approximate surface area is 175 Å². The van der Waals surface area contributed by atoms with Crippen molar-refractivity contribution in [1.82, 2.24) is 5.32 Å². The number of hydrogen-bond acceptors (Lipinski definition) is 2. The lowest BCUT2D eigenvalue weighted by Gasteiger charge is -2.12. The Morgan fingerprint density at radius 2 is 1.88 bits per heavy atom. The zero-order valence-corrected chi connectivity index (χ0v) is 18.0. The zero-order valence-electron chi connectivity index (χ0n) is 13.5. The monoisotopic (exact) mass is 504 g/mol. The second kappa shape index (κ2) is 8.98. The molecule has 0 unspecified atom stereocenters. The highest BCUT2D eigenvalue weighted by atomic mass is 127. The summed E-state index contributed by atoms with van der Waals surface area (Å²) in [5, 5.41) is 6.91. The van der Waals surface area contributed by atoms with Crippen LogP contribution in [0.4, 0.5) is 5.69 Å². The lowest BCUT2D eigenvalue weighted by molar-refractivity contribution is -0.115. The van der Waals surface area contributed by atoms with Gasteiger partial charge in [-0.05, 0) is 95.7 Å². The summed E-state index contributed by atoms with van der Waals surface area (Å²) in [5.74, 6) is -0.344. The van der Waals surface area contributed by atoms with Crippen molar-refractivity contribution in [3.8, 4) is 0 Å². The van der Waals surface area contributed by atoms with Gasteiger partial charge in [-0.3, -0.25) is 10.1 Å². The first kappa shape index (κ1) is 20.2. The molecule has 3 nitrogen and oxygen atoms in total. The van der Waals surface area contributed by atoms with Gasteiger partial charge in [0, 0.05) is 25.4 Å². The molecule has 0 heterocycles. The van der Waals surface area contributed by atoms with Crippen LogP contribution in [0.25, 0.3) is 6.08 Å². The summed E-state index contributed by atoms with van der Waals surface area (Å²) < 4.78 is 1.18. The zero-order chi connectivity index (χ0) is 18.6. The van der Waals surface area contributed by atoms with Gasteiger partial charge in [-0.15, -0.1) is 0 Å². The van der Waals surface area contributed by atoms with E-state index in [2.05, 4.69) is 39.3 Å². The molecule has 130 valence electrons. The minimum atomic E-state index is -0.344. The first-order chi connectivity index (χ1) is 11.8. The van der Waals surface area contributed by atoms with Crippen LogP contribution >= 0.6 is 58.0 Å². The minimum Gasteiger partial charge on any atom is -0.332 e. The Hall–Kier alpha value is -1.15. The normalized spacial score (nSPS) is 10.8. The fraction of sp³-hybridized carbons (Fsp3) is 0.111. The number of aryl methyl sites for hydroxylation is 2. The topological polar surface area (TPSA) is 41.1 Å². The molecule has 0 saturated carbocycles. The van der Waals surface area contributed by atoms with Crippen LogP contribution in [0.2, 0.25) is 10.0 Å². The Morgan fingerprint density at radius 3 is 2.56 bits per heavy atom. The molecule has 0 fully saturated rings. The SMILES string of the molecule is Cc1cc(NC(=S)NC(=O)/C=C/c2ccc(Cl)cc2Cl)c(C)cc1I. The van der Waals surface area contributed by atoms with Gasteiger partial charge in [0.05, 0.1) is 0 Å². The number of carbonyl (C=O) groups excluding carboxylic acids is 1. The van der Waals surface area contributed by atoms with E-state index in [1.54, 1.807) is 24.3 Å². The molecule has 0 aliphatic rings. The number of thiocarbonyl (C=S) groups is 1. The number of benzene rings is 2. The number of amides is 1. The molecule has 25 heavy (non-hydrogen) atoms. The van der Waals surface area contributed by atoms with E-state index in [4.69, 9.17) is 35.4 Å². The van der Waals surface area contributed by atoms with E-state index < -0.39 is 0 Å². The van der Waals surface area contributed by atoms with Crippen molar-refractivity contribution in [3.05, 3.63) is 66.7 Å². The third kappa shape index (κ3) is 5.95. The van der Waals surface area contributed by atoms with E-state index in [9.17, 15) is 4.79 Å². The molecule has 0 atom stereocenters. The third-order valence-electron chi connectivity index (χ3n) is 3.37. The van der Waals surface area contributed by atoms with Crippen molar-refractivity contribution < 1.29 is 4.79 Å². The molecule has 0 saturated heterocycles. The van der Waals surface area contributed by atoms with Crippen LogP contribution in [-0.2, 0) is 4.79 Å². The van der Waals surface area contributed by atoms with Crippen LogP contribution in [0, 0.1) is 17.4 Å². The van der Waals surface area contributed by atoms with E-state index in [1.807, 2.05) is 19.9 Å². The van der Waals surface area contributed by atoms with Crippen molar-refractivity contribution in [2.45, 2.75) is 13.8 Å². The van der Waals surface area contributed by atoms with Gasteiger partial charge in [-0.1, -0.05) is 29.3 Å². The second-order valence-corrected chi connectivity index (χ2v) is 7.77. The summed E-state index contributed by atoms with van der Waals surface area (Å²) in [6, 6.07) is 9.13. The van der Waals surface area contributed by atoms with Gasteiger partial charge in [-0.25, -0.2) is 0 Å². The number of halogens is 3. The summed E-state index contributed by atoms with van der Waals surface area (Å²) in [5.41, 5.74) is 3.76. The predicted molar refractivity (Wildman–Crippen MR) is 118 cm³/mol. The fourth-order valence-electron chi connectivity index (χ4n) is 2.02. The first-order valence-electron chi connectivity index (χ1n) is 7.28. The van der Waals surface area contributed by atoms with Crippen LogP contribution in [0.3, 0.4) is 0 Å². The van der Waals surface area contributed by atoms with Crippen molar-refractivity contribution >= 4 is 80.8 Å². The molecule has 1 amide bonds. The highest BCUT2D eigenvalue weighted by molar-refractivity contribution is 14.1. The van der Waals surface area contributed by atoms with E-state index in [1.165, 1.54) is 9.65 Å². The van der Waals surface area contributed by atoms with Crippen LogP contribution in [-0.4, -0.2) is 11.0 Å². The molecule has 7 heteroatoms. The number of anilines is 1. The minimum absolute atomic E-state index is 0.237. The van der Waals surface area contributed by atoms with Crippen molar-refractivity contribution in [2.75, 3.05) is 5.32 Å². The largest absolute Gasteiger partial charge is 0.332 e. The standard InChI is InChI=1S/C18H15Cl2IN2OS/c1-10-8-16(11(2)7-15(10)21)22-18(25)23-17(24)6-4-12-3-5-13(19)9-14(12)20/h3-9H,1-2H3,(H2,22,23,24,25)/b6-4+. The molecular weight excluding hydrogens is 490 g/mol. The summed E-state index contributed by atoms with van der Waals surface area (Å²) >= 11 is 19.4. The number of nitrogens with one attached hydrogen (secondary N) is 2. The molecule has 0 aliphatic carbocycles. The highest BCUT2D eigenvalue weighted by Gasteiger charge is 2.06. The van der Waals surface area contributed by atoms with E-state index >= 15 is 0 Å². The molecule has 0 bridgehead atoms. The van der Waals surface area contributed by atoms with E-state index in [-0.39, 0.29) is 11.0 Å². The number of hydrogen-bond donors (Lipinski definition) is 2. The Morgan fingerprint density at radius 1 is 1.16 bits per heavy atom. The van der Waals surface area contributed by atoms with Gasteiger partial charge in [-0.2, -0.15) is 0 Å².